The molecule has 3 heterocycles. The number of carbonyl (C=O) groups is 1. The van der Waals surface area contributed by atoms with Crippen LogP contribution < -0.4 is 4.90 Å². The van der Waals surface area contributed by atoms with E-state index in [1.165, 1.54) is 5.56 Å². The molecule has 1 atom stereocenters. The summed E-state index contributed by atoms with van der Waals surface area (Å²) in [5.74, 6) is 0.276. The average Bonchev–Trinajstić information content (AvgIpc) is 3.36. The number of hydrogen-bond acceptors (Lipinski definition) is 5. The Labute approximate surface area is 156 Å². The number of hydrogen-bond donors (Lipinski definition) is 0. The van der Waals surface area contributed by atoms with Crippen LogP contribution in [0.2, 0.25) is 0 Å². The first-order chi connectivity index (χ1) is 12.5. The molecule has 1 amide bonds. The lowest BCUT2D eigenvalue weighted by molar-refractivity contribution is 0.0906. The Balaban J connectivity index is 1.77. The van der Waals surface area contributed by atoms with Crippen molar-refractivity contribution >= 4 is 32.6 Å². The second-order valence-corrected chi connectivity index (χ2v) is 7.76. The second-order valence-electron chi connectivity index (χ2n) is 6.79. The highest BCUT2D eigenvalue weighted by Gasteiger charge is 2.29. The molecule has 3 aromatic rings. The standard InChI is InChI=1S/C19H22N4O2S/c1-12-6-7-13(2)16-15(12)21-19(26-16)23(11-14-5-4-10-25-14)18(24)17-20-8-9-22(17)3/h6-9,14H,4-5,10-11H2,1-3H3. The average molecular weight is 370 g/mol. The lowest BCUT2D eigenvalue weighted by atomic mass is 10.1. The van der Waals surface area contributed by atoms with Crippen LogP contribution in [0.3, 0.4) is 0 Å². The van der Waals surface area contributed by atoms with Crippen molar-refractivity contribution in [1.82, 2.24) is 14.5 Å². The number of nitrogens with zero attached hydrogens (tertiary/aromatic N) is 4. The lowest BCUT2D eigenvalue weighted by Crippen LogP contribution is -2.38. The summed E-state index contributed by atoms with van der Waals surface area (Å²) in [5, 5.41) is 0.709. The van der Waals surface area contributed by atoms with Crippen molar-refractivity contribution < 1.29 is 9.53 Å². The number of amides is 1. The topological polar surface area (TPSA) is 60.2 Å². The zero-order chi connectivity index (χ0) is 18.3. The minimum Gasteiger partial charge on any atom is -0.376 e. The van der Waals surface area contributed by atoms with Gasteiger partial charge in [-0.3, -0.25) is 9.69 Å². The minimum absolute atomic E-state index is 0.0495. The zero-order valence-electron chi connectivity index (χ0n) is 15.2. The summed E-state index contributed by atoms with van der Waals surface area (Å²) >= 11 is 1.56. The van der Waals surface area contributed by atoms with E-state index in [0.29, 0.717) is 17.5 Å². The molecule has 0 bridgehead atoms. The third-order valence-corrected chi connectivity index (χ3v) is 6.04. The van der Waals surface area contributed by atoms with Gasteiger partial charge < -0.3 is 9.30 Å². The fourth-order valence-corrected chi connectivity index (χ4v) is 4.42. The highest BCUT2D eigenvalue weighted by molar-refractivity contribution is 7.22. The molecule has 0 radical (unpaired) electrons. The molecule has 1 fully saturated rings. The SMILES string of the molecule is Cc1ccc(C)c2sc(N(CC3CCCO3)C(=O)c3nccn3C)nc12. The highest BCUT2D eigenvalue weighted by Crippen LogP contribution is 2.34. The monoisotopic (exact) mass is 370 g/mol. The van der Waals surface area contributed by atoms with Gasteiger partial charge in [0.15, 0.2) is 11.0 Å². The van der Waals surface area contributed by atoms with Gasteiger partial charge >= 0.3 is 0 Å². The number of benzene rings is 1. The molecule has 7 heteroatoms. The zero-order valence-corrected chi connectivity index (χ0v) is 16.0. The number of carbonyl (C=O) groups excluding carboxylic acids is 1. The summed E-state index contributed by atoms with van der Waals surface area (Å²) in [6, 6.07) is 4.18. The third kappa shape index (κ3) is 3.01. The number of aryl methyl sites for hydroxylation is 3. The van der Waals surface area contributed by atoms with Gasteiger partial charge in [0.2, 0.25) is 0 Å². The maximum absolute atomic E-state index is 13.2. The molecule has 0 N–H and O–H groups in total. The Bertz CT molecular complexity index is 917. The van der Waals surface area contributed by atoms with Crippen LogP contribution in [-0.2, 0) is 11.8 Å². The Hall–Kier alpha value is -2.25. The van der Waals surface area contributed by atoms with Crippen LogP contribution in [0.5, 0.6) is 0 Å². The van der Waals surface area contributed by atoms with Crippen molar-refractivity contribution in [2.45, 2.75) is 32.8 Å². The van der Waals surface area contributed by atoms with Crippen molar-refractivity contribution in [1.29, 1.82) is 0 Å². The quantitative estimate of drug-likeness (QED) is 0.705. The van der Waals surface area contributed by atoms with Crippen LogP contribution in [0.1, 0.15) is 34.6 Å². The van der Waals surface area contributed by atoms with Crippen LogP contribution >= 0.6 is 11.3 Å². The largest absolute Gasteiger partial charge is 0.376 e. The van der Waals surface area contributed by atoms with Crippen molar-refractivity contribution in [2.24, 2.45) is 7.05 Å². The van der Waals surface area contributed by atoms with E-state index in [1.807, 2.05) is 7.05 Å². The van der Waals surface area contributed by atoms with Gasteiger partial charge in [0.1, 0.15) is 0 Å². The van der Waals surface area contributed by atoms with Crippen LogP contribution in [-0.4, -0.2) is 39.7 Å². The molecule has 26 heavy (non-hydrogen) atoms. The molecule has 0 saturated carbocycles. The van der Waals surface area contributed by atoms with E-state index in [0.717, 1.165) is 35.2 Å². The number of ether oxygens (including phenoxy) is 1. The number of thiazole rings is 1. The van der Waals surface area contributed by atoms with E-state index >= 15 is 0 Å². The normalized spacial score (nSPS) is 17.1. The van der Waals surface area contributed by atoms with Crippen LogP contribution in [0.4, 0.5) is 5.13 Å². The summed E-state index contributed by atoms with van der Waals surface area (Å²) in [6.07, 6.45) is 5.47. The van der Waals surface area contributed by atoms with E-state index in [4.69, 9.17) is 9.72 Å². The minimum atomic E-state index is -0.137. The molecule has 136 valence electrons. The number of fused-ring (bicyclic) bond motifs is 1. The molecule has 0 aliphatic carbocycles. The van der Waals surface area contributed by atoms with Gasteiger partial charge in [-0.25, -0.2) is 9.97 Å². The maximum Gasteiger partial charge on any atom is 0.296 e. The predicted octanol–water partition coefficient (Wildman–Crippen LogP) is 3.47. The summed E-state index contributed by atoms with van der Waals surface area (Å²) in [5.41, 5.74) is 3.26. The van der Waals surface area contributed by atoms with Gasteiger partial charge in [-0.15, -0.1) is 0 Å². The second kappa shape index (κ2) is 6.81. The number of aromatic nitrogens is 3. The van der Waals surface area contributed by atoms with E-state index in [1.54, 1.807) is 33.2 Å². The van der Waals surface area contributed by atoms with Crippen molar-refractivity contribution in [2.75, 3.05) is 18.1 Å². The summed E-state index contributed by atoms with van der Waals surface area (Å²) in [7, 11) is 1.83. The summed E-state index contributed by atoms with van der Waals surface area (Å²) in [6.45, 7) is 5.39. The number of imidazole rings is 1. The molecular weight excluding hydrogens is 348 g/mol. The van der Waals surface area contributed by atoms with Crippen molar-refractivity contribution in [3.05, 3.63) is 41.5 Å². The molecule has 1 saturated heterocycles. The van der Waals surface area contributed by atoms with Crippen LogP contribution in [0.15, 0.2) is 24.5 Å². The van der Waals surface area contributed by atoms with Gasteiger partial charge in [-0.1, -0.05) is 23.5 Å². The molecule has 1 aliphatic rings. The fraction of sp³-hybridized carbons (Fsp3) is 0.421. The Morgan fingerprint density at radius 1 is 1.38 bits per heavy atom. The molecule has 0 spiro atoms. The summed E-state index contributed by atoms with van der Waals surface area (Å²) in [4.78, 5) is 24.0. The Kier molecular flexibility index (Phi) is 4.50. The maximum atomic E-state index is 13.2. The smallest absolute Gasteiger partial charge is 0.296 e. The van der Waals surface area contributed by atoms with Gasteiger partial charge in [0.25, 0.3) is 5.91 Å². The summed E-state index contributed by atoms with van der Waals surface area (Å²) < 4.78 is 8.65. The molecule has 6 nitrogen and oxygen atoms in total. The van der Waals surface area contributed by atoms with Crippen LogP contribution in [0.25, 0.3) is 10.2 Å². The first-order valence-electron chi connectivity index (χ1n) is 8.82. The van der Waals surface area contributed by atoms with Gasteiger partial charge in [-0.2, -0.15) is 0 Å². The number of anilines is 1. The van der Waals surface area contributed by atoms with E-state index in [2.05, 4.69) is 31.0 Å². The number of rotatable bonds is 4. The predicted molar refractivity (Wildman–Crippen MR) is 103 cm³/mol. The van der Waals surface area contributed by atoms with Gasteiger partial charge in [0, 0.05) is 26.0 Å². The van der Waals surface area contributed by atoms with Gasteiger partial charge in [0.05, 0.1) is 22.9 Å². The highest BCUT2D eigenvalue weighted by atomic mass is 32.1. The molecule has 2 aromatic heterocycles. The molecule has 1 aliphatic heterocycles. The molecule has 1 aromatic carbocycles. The first kappa shape index (κ1) is 17.2. The lowest BCUT2D eigenvalue weighted by Gasteiger charge is -2.22. The van der Waals surface area contributed by atoms with Crippen molar-refractivity contribution in [3.63, 3.8) is 0 Å². The Morgan fingerprint density at radius 3 is 2.85 bits per heavy atom. The van der Waals surface area contributed by atoms with E-state index < -0.39 is 0 Å². The van der Waals surface area contributed by atoms with E-state index in [-0.39, 0.29) is 12.0 Å². The Morgan fingerprint density at radius 2 is 2.19 bits per heavy atom. The third-order valence-electron chi connectivity index (χ3n) is 4.83. The molecule has 1 unspecified atom stereocenters. The van der Waals surface area contributed by atoms with E-state index in [9.17, 15) is 4.79 Å². The van der Waals surface area contributed by atoms with Crippen LogP contribution in [0, 0.1) is 13.8 Å². The molecular formula is C19H22N4O2S. The first-order valence-corrected chi connectivity index (χ1v) is 9.64. The van der Waals surface area contributed by atoms with Gasteiger partial charge in [-0.05, 0) is 37.8 Å². The molecule has 4 rings (SSSR count). The fourth-order valence-electron chi connectivity index (χ4n) is 3.30. The van der Waals surface area contributed by atoms with Crippen molar-refractivity contribution in [3.8, 4) is 0 Å².